The fraction of sp³-hybridized carbons (Fsp3) is 0.417. The predicted octanol–water partition coefficient (Wildman–Crippen LogP) is 1.48. The van der Waals surface area contributed by atoms with Crippen LogP contribution in [0.2, 0.25) is 0 Å². The van der Waals surface area contributed by atoms with Crippen molar-refractivity contribution in [2.75, 3.05) is 7.11 Å². The van der Waals surface area contributed by atoms with Gasteiger partial charge in [0.15, 0.2) is 0 Å². The van der Waals surface area contributed by atoms with Gasteiger partial charge in [0.05, 0.1) is 16.3 Å². The number of hydrogen-bond acceptors (Lipinski definition) is 5. The van der Waals surface area contributed by atoms with Crippen LogP contribution in [-0.4, -0.2) is 22.6 Å². The molecule has 8 heteroatoms. The van der Waals surface area contributed by atoms with Gasteiger partial charge in [-0.2, -0.15) is 0 Å². The number of aryl methyl sites for hydroxylation is 1. The van der Waals surface area contributed by atoms with Crippen molar-refractivity contribution in [1.82, 2.24) is 9.55 Å². The average molecular weight is 359 g/mol. The Morgan fingerprint density at radius 3 is 2.65 bits per heavy atom. The van der Waals surface area contributed by atoms with E-state index in [1.807, 2.05) is 0 Å². The summed E-state index contributed by atoms with van der Waals surface area (Å²) in [6.07, 6.45) is 0.886. The molecule has 0 saturated heterocycles. The summed E-state index contributed by atoms with van der Waals surface area (Å²) in [6.45, 7) is 1.80. The lowest BCUT2D eigenvalue weighted by atomic mass is 10.2. The van der Waals surface area contributed by atoms with Crippen molar-refractivity contribution >= 4 is 43.5 Å². The van der Waals surface area contributed by atoms with Crippen molar-refractivity contribution in [1.29, 1.82) is 0 Å². The van der Waals surface area contributed by atoms with Gasteiger partial charge in [-0.1, -0.05) is 0 Å². The second kappa shape index (κ2) is 4.29. The molecule has 3 rings (SSSR count). The number of ether oxygens (including phenoxy) is 1. The highest BCUT2D eigenvalue weighted by molar-refractivity contribution is 9.11. The van der Waals surface area contributed by atoms with Gasteiger partial charge < -0.3 is 4.74 Å². The Bertz CT molecular complexity index is 843. The number of esters is 1. The molecule has 0 atom stereocenters. The Kier molecular flexibility index (Phi) is 2.91. The molecular weight excluding hydrogens is 348 g/mol. The molecule has 0 unspecified atom stereocenters. The summed E-state index contributed by atoms with van der Waals surface area (Å²) >= 11 is 4.65. The summed E-state index contributed by atoms with van der Waals surface area (Å²) in [7, 11) is 1.26. The first kappa shape index (κ1) is 13.6. The van der Waals surface area contributed by atoms with E-state index in [0.29, 0.717) is 23.1 Å². The number of nitrogens with zero attached hydrogens (tertiary/aromatic N) is 1. The standard InChI is InChI=1S/C12H11BrN2O4S/c1-5-6-8(20-7(5)13)14-11(18)15(9(6)16)12(3-4-12)10(17)19-2/h3-4H2,1-2H3,(H,14,18). The molecule has 6 nitrogen and oxygen atoms in total. The lowest BCUT2D eigenvalue weighted by Crippen LogP contribution is -2.46. The third-order valence-corrected chi connectivity index (χ3v) is 5.72. The van der Waals surface area contributed by atoms with Gasteiger partial charge in [0.2, 0.25) is 0 Å². The van der Waals surface area contributed by atoms with E-state index in [1.165, 1.54) is 18.4 Å². The second-order valence-electron chi connectivity index (χ2n) is 4.80. The van der Waals surface area contributed by atoms with Crippen molar-refractivity contribution in [2.24, 2.45) is 0 Å². The van der Waals surface area contributed by atoms with E-state index in [9.17, 15) is 14.4 Å². The summed E-state index contributed by atoms with van der Waals surface area (Å²) in [4.78, 5) is 39.9. The number of fused-ring (bicyclic) bond motifs is 1. The van der Waals surface area contributed by atoms with Crippen LogP contribution in [0, 0.1) is 6.92 Å². The van der Waals surface area contributed by atoms with E-state index >= 15 is 0 Å². The molecular formula is C12H11BrN2O4S. The molecule has 2 aromatic rings. The molecule has 1 saturated carbocycles. The zero-order valence-corrected chi connectivity index (χ0v) is 13.2. The molecule has 1 aliphatic carbocycles. The van der Waals surface area contributed by atoms with E-state index in [1.54, 1.807) is 6.92 Å². The molecule has 0 bridgehead atoms. The van der Waals surface area contributed by atoms with Crippen molar-refractivity contribution < 1.29 is 9.53 Å². The van der Waals surface area contributed by atoms with Gasteiger partial charge in [0.1, 0.15) is 10.4 Å². The third kappa shape index (κ3) is 1.64. The predicted molar refractivity (Wildman–Crippen MR) is 78.4 cm³/mol. The third-order valence-electron chi connectivity index (χ3n) is 3.65. The maximum atomic E-state index is 12.6. The highest BCUT2D eigenvalue weighted by Crippen LogP contribution is 2.43. The topological polar surface area (TPSA) is 81.2 Å². The summed E-state index contributed by atoms with van der Waals surface area (Å²) in [5, 5.41) is 0.441. The zero-order valence-electron chi connectivity index (χ0n) is 10.8. The van der Waals surface area contributed by atoms with Gasteiger partial charge in [-0.15, -0.1) is 11.3 Å². The number of aromatic nitrogens is 2. The number of thiophene rings is 1. The van der Waals surface area contributed by atoms with Gasteiger partial charge in [-0.3, -0.25) is 9.78 Å². The van der Waals surface area contributed by atoms with Crippen LogP contribution in [0.4, 0.5) is 0 Å². The first-order valence-corrected chi connectivity index (χ1v) is 7.56. The molecule has 0 radical (unpaired) electrons. The maximum absolute atomic E-state index is 12.6. The molecule has 1 N–H and O–H groups in total. The highest BCUT2D eigenvalue weighted by atomic mass is 79.9. The van der Waals surface area contributed by atoms with E-state index in [0.717, 1.165) is 13.9 Å². The summed E-state index contributed by atoms with van der Waals surface area (Å²) in [5.41, 5.74) is -1.38. The van der Waals surface area contributed by atoms with Crippen LogP contribution in [0.15, 0.2) is 13.4 Å². The molecule has 0 amide bonds. The Morgan fingerprint density at radius 2 is 2.10 bits per heavy atom. The van der Waals surface area contributed by atoms with Gasteiger partial charge in [-0.25, -0.2) is 14.2 Å². The van der Waals surface area contributed by atoms with Gasteiger partial charge in [0.25, 0.3) is 5.56 Å². The molecule has 2 heterocycles. The molecule has 0 aliphatic heterocycles. The van der Waals surface area contributed by atoms with Crippen molar-refractivity contribution in [2.45, 2.75) is 25.3 Å². The fourth-order valence-electron chi connectivity index (χ4n) is 2.40. The zero-order chi connectivity index (χ0) is 14.7. The highest BCUT2D eigenvalue weighted by Gasteiger charge is 2.55. The summed E-state index contributed by atoms with van der Waals surface area (Å²) in [6, 6.07) is 0. The SMILES string of the molecule is COC(=O)C1(n2c(=O)[nH]c3sc(Br)c(C)c3c2=O)CC1. The van der Waals surface area contributed by atoms with Crippen LogP contribution in [0.5, 0.6) is 0 Å². The minimum Gasteiger partial charge on any atom is -0.467 e. The minimum absolute atomic E-state index is 0.439. The van der Waals surface area contributed by atoms with Crippen LogP contribution in [0.3, 0.4) is 0 Å². The number of halogens is 1. The normalized spacial score (nSPS) is 16.4. The molecule has 0 spiro atoms. The number of nitrogens with one attached hydrogen (secondary N) is 1. The maximum Gasteiger partial charge on any atom is 0.332 e. The van der Waals surface area contributed by atoms with Crippen LogP contribution >= 0.6 is 27.3 Å². The van der Waals surface area contributed by atoms with E-state index < -0.39 is 22.8 Å². The number of aromatic amines is 1. The first-order valence-electron chi connectivity index (χ1n) is 5.95. The van der Waals surface area contributed by atoms with Gasteiger partial charge >= 0.3 is 11.7 Å². The molecule has 106 valence electrons. The van der Waals surface area contributed by atoms with E-state index in [-0.39, 0.29) is 0 Å². The first-order chi connectivity index (χ1) is 9.42. The summed E-state index contributed by atoms with van der Waals surface area (Å²) in [5.74, 6) is -0.545. The molecule has 20 heavy (non-hydrogen) atoms. The summed E-state index contributed by atoms with van der Waals surface area (Å²) < 4.78 is 6.53. The smallest absolute Gasteiger partial charge is 0.332 e. The van der Waals surface area contributed by atoms with Crippen LogP contribution in [0.1, 0.15) is 18.4 Å². The Morgan fingerprint density at radius 1 is 1.45 bits per heavy atom. The lowest BCUT2D eigenvalue weighted by molar-refractivity contribution is -0.146. The number of methoxy groups -OCH3 is 1. The monoisotopic (exact) mass is 358 g/mol. The number of rotatable bonds is 2. The van der Waals surface area contributed by atoms with Crippen LogP contribution in [-0.2, 0) is 15.1 Å². The molecule has 0 aromatic carbocycles. The number of H-pyrrole nitrogens is 1. The Balaban J connectivity index is 2.38. The van der Waals surface area contributed by atoms with E-state index in [4.69, 9.17) is 4.74 Å². The largest absolute Gasteiger partial charge is 0.467 e. The van der Waals surface area contributed by atoms with Crippen molar-refractivity contribution in [3.63, 3.8) is 0 Å². The Labute approximate surface area is 125 Å². The minimum atomic E-state index is -1.13. The van der Waals surface area contributed by atoms with Gasteiger partial charge in [0, 0.05) is 0 Å². The second-order valence-corrected chi connectivity index (χ2v) is 7.14. The van der Waals surface area contributed by atoms with Crippen molar-refractivity contribution in [3.05, 3.63) is 30.2 Å². The number of carbonyl (C=O) groups excluding carboxylic acids is 1. The van der Waals surface area contributed by atoms with Crippen molar-refractivity contribution in [3.8, 4) is 0 Å². The molecule has 1 aliphatic rings. The lowest BCUT2D eigenvalue weighted by Gasteiger charge is -2.14. The van der Waals surface area contributed by atoms with Crippen LogP contribution in [0.25, 0.3) is 10.2 Å². The van der Waals surface area contributed by atoms with Crippen LogP contribution < -0.4 is 11.2 Å². The number of hydrogen-bond donors (Lipinski definition) is 1. The van der Waals surface area contributed by atoms with Gasteiger partial charge in [-0.05, 0) is 41.3 Å². The fourth-order valence-corrected chi connectivity index (χ4v) is 4.00. The van der Waals surface area contributed by atoms with E-state index in [2.05, 4.69) is 20.9 Å². The molecule has 1 fully saturated rings. The Hall–Kier alpha value is -1.41. The molecule has 2 aromatic heterocycles. The quantitative estimate of drug-likeness (QED) is 0.824. The number of carbonyl (C=O) groups is 1. The average Bonchev–Trinajstić information content (AvgIpc) is 3.13.